The van der Waals surface area contributed by atoms with Crippen molar-refractivity contribution in [2.75, 3.05) is 13.7 Å². The molecular weight excluding hydrogens is 407 g/mol. The van der Waals surface area contributed by atoms with Crippen molar-refractivity contribution < 1.29 is 28.2 Å². The Labute approximate surface area is 177 Å². The molecule has 0 fully saturated rings. The van der Waals surface area contributed by atoms with E-state index in [9.17, 15) is 18.8 Å². The molecule has 2 aromatic carbocycles. The summed E-state index contributed by atoms with van der Waals surface area (Å²) in [5.41, 5.74) is 0.0691. The van der Waals surface area contributed by atoms with Gasteiger partial charge in [0.25, 0.3) is 5.56 Å². The number of methoxy groups -OCH3 is 1. The predicted molar refractivity (Wildman–Crippen MR) is 109 cm³/mol. The van der Waals surface area contributed by atoms with Crippen molar-refractivity contribution in [2.24, 2.45) is 0 Å². The highest BCUT2D eigenvalue weighted by molar-refractivity contribution is 5.87. The van der Waals surface area contributed by atoms with Gasteiger partial charge in [0.2, 0.25) is 0 Å². The highest BCUT2D eigenvalue weighted by Crippen LogP contribution is 2.18. The average molecular weight is 428 g/mol. The van der Waals surface area contributed by atoms with Gasteiger partial charge in [-0.25, -0.2) is 9.07 Å². The van der Waals surface area contributed by atoms with E-state index < -0.39 is 29.9 Å². The summed E-state index contributed by atoms with van der Waals surface area (Å²) in [5, 5.41) is 4.05. The normalized spacial score (nSPS) is 10.7. The van der Waals surface area contributed by atoms with Crippen LogP contribution in [0.2, 0.25) is 0 Å². The van der Waals surface area contributed by atoms with Crippen LogP contribution in [-0.4, -0.2) is 35.4 Å². The van der Waals surface area contributed by atoms with E-state index in [0.717, 1.165) is 16.3 Å². The minimum absolute atomic E-state index is 0.0186. The van der Waals surface area contributed by atoms with E-state index >= 15 is 0 Å². The number of fused-ring (bicyclic) bond motifs is 1. The van der Waals surface area contributed by atoms with Crippen molar-refractivity contribution in [1.29, 1.82) is 0 Å². The standard InChI is InChI=1S/C22H21FN2O6/c1-3-30-19(26)11-18-16-5-4-6-17(23)21(16)22(28)25(24-18)12-20(27)31-13-14-7-9-15(29-2)10-8-14/h4-10H,3,11-13H2,1-2H3. The second kappa shape index (κ2) is 9.84. The van der Waals surface area contributed by atoms with Gasteiger partial charge in [-0.1, -0.05) is 24.3 Å². The fourth-order valence-electron chi connectivity index (χ4n) is 3.00. The minimum atomic E-state index is -0.790. The van der Waals surface area contributed by atoms with Crippen LogP contribution in [0.3, 0.4) is 0 Å². The van der Waals surface area contributed by atoms with Crippen LogP contribution in [0.15, 0.2) is 47.3 Å². The zero-order chi connectivity index (χ0) is 22.4. The number of aromatic nitrogens is 2. The second-order valence-corrected chi connectivity index (χ2v) is 6.56. The molecule has 1 aromatic heterocycles. The average Bonchev–Trinajstić information content (AvgIpc) is 2.76. The maximum Gasteiger partial charge on any atom is 0.328 e. The lowest BCUT2D eigenvalue weighted by atomic mass is 10.1. The molecule has 8 nitrogen and oxygen atoms in total. The summed E-state index contributed by atoms with van der Waals surface area (Å²) in [4.78, 5) is 36.9. The first-order valence-electron chi connectivity index (χ1n) is 9.55. The van der Waals surface area contributed by atoms with Gasteiger partial charge in [0.15, 0.2) is 0 Å². The van der Waals surface area contributed by atoms with Crippen LogP contribution in [0, 0.1) is 5.82 Å². The molecule has 3 rings (SSSR count). The van der Waals surface area contributed by atoms with Gasteiger partial charge in [0.05, 0.1) is 31.2 Å². The van der Waals surface area contributed by atoms with Gasteiger partial charge in [0, 0.05) is 5.39 Å². The minimum Gasteiger partial charge on any atom is -0.497 e. The Bertz CT molecular complexity index is 1160. The monoisotopic (exact) mass is 428 g/mol. The number of hydrogen-bond acceptors (Lipinski definition) is 7. The maximum absolute atomic E-state index is 14.4. The van der Waals surface area contributed by atoms with E-state index in [2.05, 4.69) is 5.10 Å². The molecule has 0 N–H and O–H groups in total. The molecule has 0 bridgehead atoms. The first-order valence-corrected chi connectivity index (χ1v) is 9.55. The van der Waals surface area contributed by atoms with Crippen LogP contribution >= 0.6 is 0 Å². The van der Waals surface area contributed by atoms with Crippen LogP contribution in [-0.2, 0) is 38.6 Å². The third kappa shape index (κ3) is 5.25. The van der Waals surface area contributed by atoms with Gasteiger partial charge in [0.1, 0.15) is 24.7 Å². The number of nitrogens with zero attached hydrogens (tertiary/aromatic N) is 2. The zero-order valence-corrected chi connectivity index (χ0v) is 17.1. The largest absolute Gasteiger partial charge is 0.497 e. The van der Waals surface area contributed by atoms with E-state index in [4.69, 9.17) is 14.2 Å². The molecule has 162 valence electrons. The quantitative estimate of drug-likeness (QED) is 0.508. The van der Waals surface area contributed by atoms with Gasteiger partial charge < -0.3 is 14.2 Å². The van der Waals surface area contributed by atoms with Crippen LogP contribution in [0.5, 0.6) is 5.75 Å². The Morgan fingerprint density at radius 2 is 1.81 bits per heavy atom. The molecule has 1 heterocycles. The Kier molecular flexibility index (Phi) is 6.96. The van der Waals surface area contributed by atoms with E-state index in [1.54, 1.807) is 38.3 Å². The molecule has 0 spiro atoms. The summed E-state index contributed by atoms with van der Waals surface area (Å²) in [7, 11) is 1.54. The maximum atomic E-state index is 14.4. The summed E-state index contributed by atoms with van der Waals surface area (Å²) in [6.45, 7) is 1.27. The molecule has 0 atom stereocenters. The topological polar surface area (TPSA) is 96.7 Å². The summed E-state index contributed by atoms with van der Waals surface area (Å²) in [5.74, 6) is -1.41. The highest BCUT2D eigenvalue weighted by Gasteiger charge is 2.18. The predicted octanol–water partition coefficient (Wildman–Crippen LogP) is 2.39. The molecule has 31 heavy (non-hydrogen) atoms. The second-order valence-electron chi connectivity index (χ2n) is 6.56. The van der Waals surface area contributed by atoms with Gasteiger partial charge >= 0.3 is 11.9 Å². The Morgan fingerprint density at radius 1 is 1.06 bits per heavy atom. The van der Waals surface area contributed by atoms with Gasteiger partial charge in [-0.2, -0.15) is 5.10 Å². The molecule has 0 aliphatic carbocycles. The van der Waals surface area contributed by atoms with Crippen molar-refractivity contribution in [2.45, 2.75) is 26.5 Å². The van der Waals surface area contributed by atoms with Crippen LogP contribution in [0.4, 0.5) is 4.39 Å². The Morgan fingerprint density at radius 3 is 2.48 bits per heavy atom. The number of esters is 2. The number of carbonyl (C=O) groups is 2. The lowest BCUT2D eigenvalue weighted by molar-refractivity contribution is -0.146. The van der Waals surface area contributed by atoms with Crippen molar-refractivity contribution in [3.8, 4) is 5.75 Å². The van der Waals surface area contributed by atoms with E-state index in [0.29, 0.717) is 5.75 Å². The van der Waals surface area contributed by atoms with Crippen molar-refractivity contribution in [3.05, 3.63) is 69.9 Å². The van der Waals surface area contributed by atoms with Crippen LogP contribution < -0.4 is 10.3 Å². The molecule has 0 aliphatic rings. The molecule has 0 saturated carbocycles. The first-order chi connectivity index (χ1) is 14.9. The van der Waals surface area contributed by atoms with Crippen LogP contribution in [0.1, 0.15) is 18.2 Å². The molecule has 0 saturated heterocycles. The molecule has 9 heteroatoms. The fourth-order valence-corrected chi connectivity index (χ4v) is 3.00. The SMILES string of the molecule is CCOC(=O)Cc1nn(CC(=O)OCc2ccc(OC)cc2)c(=O)c2c(F)cccc12. The molecule has 0 amide bonds. The smallest absolute Gasteiger partial charge is 0.328 e. The number of rotatable bonds is 8. The number of ether oxygens (including phenoxy) is 3. The summed E-state index contributed by atoms with van der Waals surface area (Å²) in [6.07, 6.45) is -0.269. The fraction of sp³-hybridized carbons (Fsp3) is 0.273. The zero-order valence-electron chi connectivity index (χ0n) is 17.1. The van der Waals surface area contributed by atoms with Gasteiger partial charge in [-0.05, 0) is 30.7 Å². The lowest BCUT2D eigenvalue weighted by Crippen LogP contribution is -2.30. The lowest BCUT2D eigenvalue weighted by Gasteiger charge is -2.11. The van der Waals surface area contributed by atoms with Crippen molar-refractivity contribution in [1.82, 2.24) is 9.78 Å². The number of carbonyl (C=O) groups excluding carboxylic acids is 2. The molecule has 0 aliphatic heterocycles. The number of hydrogen-bond donors (Lipinski definition) is 0. The van der Waals surface area contributed by atoms with E-state index in [1.807, 2.05) is 0 Å². The van der Waals surface area contributed by atoms with Crippen molar-refractivity contribution >= 4 is 22.7 Å². The third-order valence-corrected chi connectivity index (χ3v) is 4.47. The third-order valence-electron chi connectivity index (χ3n) is 4.47. The summed E-state index contributed by atoms with van der Waals surface area (Å²) < 4.78 is 30.4. The summed E-state index contributed by atoms with van der Waals surface area (Å²) >= 11 is 0. The molecule has 0 radical (unpaired) electrons. The van der Waals surface area contributed by atoms with E-state index in [-0.39, 0.29) is 36.1 Å². The number of benzene rings is 2. The first kappa shape index (κ1) is 21.9. The molecule has 3 aromatic rings. The Hall–Kier alpha value is -3.75. The van der Waals surface area contributed by atoms with E-state index in [1.165, 1.54) is 12.1 Å². The highest BCUT2D eigenvalue weighted by atomic mass is 19.1. The van der Waals surface area contributed by atoms with Crippen molar-refractivity contribution in [3.63, 3.8) is 0 Å². The number of halogens is 1. The molecular formula is C22H21FN2O6. The van der Waals surface area contributed by atoms with Gasteiger partial charge in [-0.15, -0.1) is 0 Å². The van der Waals surface area contributed by atoms with Crippen LogP contribution in [0.25, 0.3) is 10.8 Å². The summed E-state index contributed by atoms with van der Waals surface area (Å²) in [6, 6.07) is 11.0. The Balaban J connectivity index is 1.83. The molecule has 0 unspecified atom stereocenters. The van der Waals surface area contributed by atoms with Gasteiger partial charge in [-0.3, -0.25) is 14.4 Å².